The number of rotatable bonds is 4. The third kappa shape index (κ3) is 4.02. The quantitative estimate of drug-likeness (QED) is 0.865. The second-order valence-corrected chi connectivity index (χ2v) is 5.58. The maximum atomic E-state index is 5.93. The molecule has 0 atom stereocenters. The van der Waals surface area contributed by atoms with E-state index in [1.807, 2.05) is 6.92 Å². The van der Waals surface area contributed by atoms with Crippen molar-refractivity contribution in [3.63, 3.8) is 0 Å². The minimum Gasteiger partial charge on any atom is -0.473 e. The number of nitrogens with zero attached hydrogens (tertiary/aromatic N) is 3. The highest BCUT2D eigenvalue weighted by atomic mass is 16.5. The molecule has 4 nitrogen and oxygen atoms in total. The molecule has 0 spiro atoms. The normalized spacial score (nSPS) is 16.8. The van der Waals surface area contributed by atoms with Gasteiger partial charge in [-0.2, -0.15) is 0 Å². The summed E-state index contributed by atoms with van der Waals surface area (Å²) in [4.78, 5) is 11.0. The Morgan fingerprint density at radius 2 is 1.90 bits per heavy atom. The van der Waals surface area contributed by atoms with Crippen LogP contribution < -0.4 is 4.74 Å². The van der Waals surface area contributed by atoms with E-state index in [9.17, 15) is 0 Å². The fourth-order valence-electron chi connectivity index (χ4n) is 2.69. The SMILES string of the molecule is Cc1cncc(OC2CCN(Cc3ccccc3)CC2)n1. The molecule has 0 unspecified atom stereocenters. The molecule has 2 heterocycles. The van der Waals surface area contributed by atoms with Crippen molar-refractivity contribution in [3.8, 4) is 5.88 Å². The molecule has 1 fully saturated rings. The lowest BCUT2D eigenvalue weighted by molar-refractivity contribution is 0.0927. The summed E-state index contributed by atoms with van der Waals surface area (Å²) in [5.74, 6) is 0.650. The van der Waals surface area contributed by atoms with Crippen LogP contribution in [0.1, 0.15) is 24.1 Å². The zero-order valence-corrected chi connectivity index (χ0v) is 12.4. The van der Waals surface area contributed by atoms with Gasteiger partial charge in [0.25, 0.3) is 0 Å². The molecule has 3 rings (SSSR count). The minimum atomic E-state index is 0.258. The monoisotopic (exact) mass is 283 g/mol. The maximum Gasteiger partial charge on any atom is 0.232 e. The molecule has 1 saturated heterocycles. The van der Waals surface area contributed by atoms with Gasteiger partial charge in [-0.1, -0.05) is 30.3 Å². The number of piperidine rings is 1. The molecule has 0 radical (unpaired) electrons. The van der Waals surface area contributed by atoms with Gasteiger partial charge in [0.15, 0.2) is 0 Å². The molecule has 2 aromatic rings. The molecular formula is C17H21N3O. The molecular weight excluding hydrogens is 262 g/mol. The lowest BCUT2D eigenvalue weighted by Crippen LogP contribution is -2.37. The number of aryl methyl sites for hydroxylation is 1. The molecule has 4 heteroatoms. The van der Waals surface area contributed by atoms with E-state index in [1.54, 1.807) is 12.4 Å². The zero-order valence-electron chi connectivity index (χ0n) is 12.4. The first-order valence-corrected chi connectivity index (χ1v) is 7.51. The lowest BCUT2D eigenvalue weighted by Gasteiger charge is -2.31. The molecule has 1 aliphatic heterocycles. The highest BCUT2D eigenvalue weighted by Crippen LogP contribution is 2.18. The zero-order chi connectivity index (χ0) is 14.5. The van der Waals surface area contributed by atoms with Crippen molar-refractivity contribution >= 4 is 0 Å². The second kappa shape index (κ2) is 6.68. The van der Waals surface area contributed by atoms with Crippen molar-refractivity contribution < 1.29 is 4.74 Å². The summed E-state index contributed by atoms with van der Waals surface area (Å²) in [6.07, 6.45) is 5.79. The second-order valence-electron chi connectivity index (χ2n) is 5.58. The van der Waals surface area contributed by atoms with Crippen LogP contribution in [0.2, 0.25) is 0 Å². The Morgan fingerprint density at radius 1 is 1.14 bits per heavy atom. The van der Waals surface area contributed by atoms with Crippen LogP contribution >= 0.6 is 0 Å². The summed E-state index contributed by atoms with van der Waals surface area (Å²) in [5.41, 5.74) is 2.27. The molecule has 0 aliphatic carbocycles. The first-order chi connectivity index (χ1) is 10.3. The van der Waals surface area contributed by atoms with Crippen LogP contribution in [0, 0.1) is 6.92 Å². The van der Waals surface area contributed by atoms with Crippen LogP contribution in [-0.2, 0) is 6.54 Å². The van der Waals surface area contributed by atoms with Gasteiger partial charge in [-0.3, -0.25) is 9.88 Å². The average Bonchev–Trinajstić information content (AvgIpc) is 2.50. The summed E-state index contributed by atoms with van der Waals surface area (Å²) in [6, 6.07) is 10.6. The van der Waals surface area contributed by atoms with Crippen molar-refractivity contribution in [2.45, 2.75) is 32.4 Å². The molecule has 0 bridgehead atoms. The first kappa shape index (κ1) is 14.0. The van der Waals surface area contributed by atoms with Crippen molar-refractivity contribution in [2.24, 2.45) is 0 Å². The summed E-state index contributed by atoms with van der Waals surface area (Å²) in [7, 11) is 0. The molecule has 110 valence electrons. The Bertz CT molecular complexity index is 565. The van der Waals surface area contributed by atoms with Crippen LogP contribution in [0.4, 0.5) is 0 Å². The van der Waals surface area contributed by atoms with Gasteiger partial charge < -0.3 is 4.74 Å². The maximum absolute atomic E-state index is 5.93. The van der Waals surface area contributed by atoms with Gasteiger partial charge in [0.1, 0.15) is 6.10 Å². The first-order valence-electron chi connectivity index (χ1n) is 7.51. The molecule has 1 aromatic carbocycles. The smallest absolute Gasteiger partial charge is 0.232 e. The summed E-state index contributed by atoms with van der Waals surface area (Å²) < 4.78 is 5.93. The fraction of sp³-hybridized carbons (Fsp3) is 0.412. The Morgan fingerprint density at radius 3 is 2.62 bits per heavy atom. The van der Waals surface area contributed by atoms with Crippen molar-refractivity contribution in [2.75, 3.05) is 13.1 Å². The Kier molecular flexibility index (Phi) is 4.46. The Labute approximate surface area is 125 Å². The van der Waals surface area contributed by atoms with E-state index in [0.29, 0.717) is 5.88 Å². The van der Waals surface area contributed by atoms with Crippen LogP contribution in [0.5, 0.6) is 5.88 Å². The van der Waals surface area contributed by atoms with E-state index >= 15 is 0 Å². The van der Waals surface area contributed by atoms with E-state index in [0.717, 1.165) is 38.2 Å². The van der Waals surface area contributed by atoms with Crippen molar-refractivity contribution in [1.82, 2.24) is 14.9 Å². The fourth-order valence-corrected chi connectivity index (χ4v) is 2.69. The highest BCUT2D eigenvalue weighted by molar-refractivity contribution is 5.14. The number of benzene rings is 1. The van der Waals surface area contributed by atoms with Gasteiger partial charge in [-0.05, 0) is 25.3 Å². The molecule has 0 N–H and O–H groups in total. The predicted octanol–water partition coefficient (Wildman–Crippen LogP) is 2.83. The molecule has 0 amide bonds. The Balaban J connectivity index is 1.49. The largest absolute Gasteiger partial charge is 0.473 e. The van der Waals surface area contributed by atoms with E-state index in [1.165, 1.54) is 5.56 Å². The summed E-state index contributed by atoms with van der Waals surface area (Å²) in [6.45, 7) is 5.09. The third-order valence-electron chi connectivity index (χ3n) is 3.80. The predicted molar refractivity (Wildman–Crippen MR) is 82.1 cm³/mol. The Hall–Kier alpha value is -1.94. The number of ether oxygens (including phenoxy) is 1. The molecule has 1 aromatic heterocycles. The summed E-state index contributed by atoms with van der Waals surface area (Å²) >= 11 is 0. The average molecular weight is 283 g/mol. The number of aromatic nitrogens is 2. The highest BCUT2D eigenvalue weighted by Gasteiger charge is 2.21. The van der Waals surface area contributed by atoms with Gasteiger partial charge in [0.05, 0.1) is 11.9 Å². The van der Waals surface area contributed by atoms with E-state index in [4.69, 9.17) is 4.74 Å². The minimum absolute atomic E-state index is 0.258. The summed E-state index contributed by atoms with van der Waals surface area (Å²) in [5, 5.41) is 0. The molecule has 1 aliphatic rings. The third-order valence-corrected chi connectivity index (χ3v) is 3.80. The van der Waals surface area contributed by atoms with Gasteiger partial charge in [0.2, 0.25) is 5.88 Å². The van der Waals surface area contributed by atoms with Crippen LogP contribution in [0.25, 0.3) is 0 Å². The van der Waals surface area contributed by atoms with Gasteiger partial charge in [-0.15, -0.1) is 0 Å². The van der Waals surface area contributed by atoms with E-state index in [-0.39, 0.29) is 6.10 Å². The van der Waals surface area contributed by atoms with Gasteiger partial charge in [0, 0.05) is 25.8 Å². The van der Waals surface area contributed by atoms with E-state index < -0.39 is 0 Å². The molecule has 21 heavy (non-hydrogen) atoms. The lowest BCUT2D eigenvalue weighted by atomic mass is 10.1. The van der Waals surface area contributed by atoms with Gasteiger partial charge >= 0.3 is 0 Å². The standard InChI is InChI=1S/C17H21N3O/c1-14-11-18-12-17(19-14)21-16-7-9-20(10-8-16)13-15-5-3-2-4-6-15/h2-6,11-12,16H,7-10,13H2,1H3. The van der Waals surface area contributed by atoms with Crippen molar-refractivity contribution in [1.29, 1.82) is 0 Å². The number of hydrogen-bond acceptors (Lipinski definition) is 4. The molecule has 0 saturated carbocycles. The van der Waals surface area contributed by atoms with E-state index in [2.05, 4.69) is 45.2 Å². The number of hydrogen-bond donors (Lipinski definition) is 0. The van der Waals surface area contributed by atoms with Crippen molar-refractivity contribution in [3.05, 3.63) is 54.0 Å². The van der Waals surface area contributed by atoms with Gasteiger partial charge in [-0.25, -0.2) is 4.98 Å². The van der Waals surface area contributed by atoms with Crippen LogP contribution in [0.15, 0.2) is 42.7 Å². The number of likely N-dealkylation sites (tertiary alicyclic amines) is 1. The van der Waals surface area contributed by atoms with Crippen LogP contribution in [0.3, 0.4) is 0 Å². The topological polar surface area (TPSA) is 38.2 Å². The van der Waals surface area contributed by atoms with Crippen LogP contribution in [-0.4, -0.2) is 34.1 Å².